The minimum atomic E-state index is -0.173. The smallest absolute Gasteiger partial charge is 0.226 e. The van der Waals surface area contributed by atoms with Crippen LogP contribution in [-0.2, 0) is 11.2 Å². The maximum Gasteiger partial charge on any atom is 0.226 e. The van der Waals surface area contributed by atoms with Crippen molar-refractivity contribution in [3.8, 4) is 5.75 Å². The van der Waals surface area contributed by atoms with Gasteiger partial charge in [0.2, 0.25) is 5.91 Å². The fraction of sp³-hybridized carbons (Fsp3) is 0.522. The lowest BCUT2D eigenvalue weighted by Gasteiger charge is -2.40. The first-order valence-corrected chi connectivity index (χ1v) is 10.2. The summed E-state index contributed by atoms with van der Waals surface area (Å²) in [6.07, 6.45) is 6.24. The molecule has 2 fully saturated rings. The van der Waals surface area contributed by atoms with Crippen molar-refractivity contribution in [2.24, 2.45) is 5.92 Å². The molecule has 1 saturated heterocycles. The largest absolute Gasteiger partial charge is 0.497 e. The molecule has 144 valence electrons. The number of fused-ring (bicyclic) bond motifs is 1. The van der Waals surface area contributed by atoms with Crippen LogP contribution in [0.15, 0.2) is 36.4 Å². The van der Waals surface area contributed by atoms with Crippen LogP contribution in [0.4, 0.5) is 0 Å². The molecule has 4 nitrogen and oxygen atoms in total. The van der Waals surface area contributed by atoms with Crippen molar-refractivity contribution >= 4 is 16.7 Å². The van der Waals surface area contributed by atoms with E-state index < -0.39 is 0 Å². The summed E-state index contributed by atoms with van der Waals surface area (Å²) < 4.78 is 5.30. The summed E-state index contributed by atoms with van der Waals surface area (Å²) in [6.45, 7) is 0.883. The Morgan fingerprint density at radius 2 is 1.78 bits per heavy atom. The molecule has 27 heavy (non-hydrogen) atoms. The molecule has 1 aliphatic carbocycles. The SMILES string of the molecule is COc1ccc2cc(CC3CCCN(C4CCC(O)CC4)C3=O)ccc2c1. The zero-order chi connectivity index (χ0) is 18.8. The summed E-state index contributed by atoms with van der Waals surface area (Å²) in [5, 5.41) is 12.1. The van der Waals surface area contributed by atoms with E-state index in [1.165, 1.54) is 10.9 Å². The number of amides is 1. The van der Waals surface area contributed by atoms with Crippen LogP contribution in [0.1, 0.15) is 44.1 Å². The summed E-state index contributed by atoms with van der Waals surface area (Å²) in [5.41, 5.74) is 1.23. The highest BCUT2D eigenvalue weighted by molar-refractivity contribution is 5.85. The number of carbonyl (C=O) groups excluding carboxylic acids is 1. The highest BCUT2D eigenvalue weighted by Gasteiger charge is 2.34. The second-order valence-corrected chi connectivity index (χ2v) is 8.08. The van der Waals surface area contributed by atoms with E-state index in [4.69, 9.17) is 4.74 Å². The zero-order valence-electron chi connectivity index (χ0n) is 16.1. The first-order chi connectivity index (χ1) is 13.1. The van der Waals surface area contributed by atoms with E-state index in [0.717, 1.165) is 62.6 Å². The topological polar surface area (TPSA) is 49.8 Å². The normalized spacial score (nSPS) is 26.4. The van der Waals surface area contributed by atoms with Crippen LogP contribution in [-0.4, -0.2) is 41.7 Å². The number of nitrogens with zero attached hydrogens (tertiary/aromatic N) is 1. The summed E-state index contributed by atoms with van der Waals surface area (Å²) >= 11 is 0. The average Bonchev–Trinajstić information content (AvgIpc) is 2.70. The summed E-state index contributed by atoms with van der Waals surface area (Å²) in [6, 6.07) is 12.9. The van der Waals surface area contributed by atoms with Crippen LogP contribution in [0, 0.1) is 5.92 Å². The van der Waals surface area contributed by atoms with Crippen LogP contribution in [0.5, 0.6) is 5.75 Å². The molecule has 2 aromatic rings. The van der Waals surface area contributed by atoms with Crippen molar-refractivity contribution in [3.05, 3.63) is 42.0 Å². The molecule has 2 aromatic carbocycles. The molecule has 1 saturated carbocycles. The number of benzene rings is 2. The van der Waals surface area contributed by atoms with E-state index in [2.05, 4.69) is 29.2 Å². The molecule has 0 radical (unpaired) electrons. The number of hydrogen-bond acceptors (Lipinski definition) is 3. The quantitative estimate of drug-likeness (QED) is 0.891. The minimum Gasteiger partial charge on any atom is -0.497 e. The van der Waals surface area contributed by atoms with Gasteiger partial charge in [0.05, 0.1) is 13.2 Å². The van der Waals surface area contributed by atoms with E-state index >= 15 is 0 Å². The van der Waals surface area contributed by atoms with Crippen LogP contribution in [0.2, 0.25) is 0 Å². The third-order valence-electron chi connectivity index (χ3n) is 6.28. The van der Waals surface area contributed by atoms with Gasteiger partial charge >= 0.3 is 0 Å². The Balaban J connectivity index is 1.46. The fourth-order valence-electron chi connectivity index (χ4n) is 4.71. The molecule has 4 heteroatoms. The molecule has 4 rings (SSSR count). The second kappa shape index (κ2) is 7.89. The highest BCUT2D eigenvalue weighted by Crippen LogP contribution is 2.30. The van der Waals surface area contributed by atoms with Crippen molar-refractivity contribution in [3.63, 3.8) is 0 Å². The van der Waals surface area contributed by atoms with E-state index in [1.807, 2.05) is 12.1 Å². The van der Waals surface area contributed by atoms with Gasteiger partial charge in [0, 0.05) is 18.5 Å². The second-order valence-electron chi connectivity index (χ2n) is 8.08. The predicted molar refractivity (Wildman–Crippen MR) is 107 cm³/mol. The lowest BCUT2D eigenvalue weighted by molar-refractivity contribution is -0.142. The Labute approximate surface area is 161 Å². The molecule has 1 N–H and O–H groups in total. The molecule has 1 aliphatic heterocycles. The van der Waals surface area contributed by atoms with Crippen molar-refractivity contribution in [2.75, 3.05) is 13.7 Å². The molecule has 1 amide bonds. The van der Waals surface area contributed by atoms with Gasteiger partial charge in [-0.15, -0.1) is 0 Å². The van der Waals surface area contributed by atoms with E-state index in [1.54, 1.807) is 7.11 Å². The van der Waals surface area contributed by atoms with Gasteiger partial charge in [0.1, 0.15) is 5.75 Å². The number of aliphatic hydroxyl groups excluding tert-OH is 1. The first kappa shape index (κ1) is 18.3. The molecular formula is C23H29NO3. The Bertz CT molecular complexity index is 810. The standard InChI is InChI=1S/C23H29NO3/c1-27-22-11-6-17-13-16(4-5-18(17)15-22)14-19-3-2-12-24(23(19)26)20-7-9-21(25)10-8-20/h4-6,11,13,15,19-21,25H,2-3,7-10,12,14H2,1H3. The third kappa shape index (κ3) is 3.96. The summed E-state index contributed by atoms with van der Waals surface area (Å²) in [7, 11) is 1.68. The fourth-order valence-corrected chi connectivity index (χ4v) is 4.71. The van der Waals surface area contributed by atoms with Crippen LogP contribution in [0.25, 0.3) is 10.8 Å². The van der Waals surface area contributed by atoms with Gasteiger partial charge < -0.3 is 14.7 Å². The number of likely N-dealkylation sites (tertiary alicyclic amines) is 1. The first-order valence-electron chi connectivity index (χ1n) is 10.2. The molecule has 2 aliphatic rings. The number of methoxy groups -OCH3 is 1. The van der Waals surface area contributed by atoms with Gasteiger partial charge in [-0.25, -0.2) is 0 Å². The minimum absolute atomic E-state index is 0.0845. The number of aliphatic hydroxyl groups is 1. The summed E-state index contributed by atoms with van der Waals surface area (Å²) in [5.74, 6) is 1.27. The van der Waals surface area contributed by atoms with E-state index in [-0.39, 0.29) is 12.0 Å². The lowest BCUT2D eigenvalue weighted by Crippen LogP contribution is -2.49. The maximum absolute atomic E-state index is 13.1. The van der Waals surface area contributed by atoms with E-state index in [9.17, 15) is 9.90 Å². The monoisotopic (exact) mass is 367 g/mol. The maximum atomic E-state index is 13.1. The molecule has 0 spiro atoms. The van der Waals surface area contributed by atoms with E-state index in [0.29, 0.717) is 11.9 Å². The number of carbonyl (C=O) groups is 1. The Morgan fingerprint density at radius 3 is 2.56 bits per heavy atom. The molecule has 0 bridgehead atoms. The van der Waals surface area contributed by atoms with Gasteiger partial charge in [-0.3, -0.25) is 4.79 Å². The molecular weight excluding hydrogens is 338 g/mol. The van der Waals surface area contributed by atoms with Gasteiger partial charge in [-0.1, -0.05) is 24.3 Å². The molecule has 1 unspecified atom stereocenters. The lowest BCUT2D eigenvalue weighted by atomic mass is 9.86. The zero-order valence-corrected chi connectivity index (χ0v) is 16.1. The highest BCUT2D eigenvalue weighted by atomic mass is 16.5. The van der Waals surface area contributed by atoms with Crippen LogP contribution in [0.3, 0.4) is 0 Å². The number of rotatable bonds is 4. The average molecular weight is 367 g/mol. The number of ether oxygens (including phenoxy) is 1. The van der Waals surface area contributed by atoms with Crippen molar-refractivity contribution in [1.82, 2.24) is 4.90 Å². The van der Waals surface area contributed by atoms with Gasteiger partial charge in [0.15, 0.2) is 0 Å². The Morgan fingerprint density at radius 1 is 1.04 bits per heavy atom. The third-order valence-corrected chi connectivity index (χ3v) is 6.28. The van der Waals surface area contributed by atoms with Crippen molar-refractivity contribution in [2.45, 2.75) is 57.1 Å². The van der Waals surface area contributed by atoms with Gasteiger partial charge in [-0.2, -0.15) is 0 Å². The van der Waals surface area contributed by atoms with Crippen LogP contribution < -0.4 is 4.74 Å². The van der Waals surface area contributed by atoms with Crippen molar-refractivity contribution in [1.29, 1.82) is 0 Å². The summed E-state index contributed by atoms with van der Waals surface area (Å²) in [4.78, 5) is 15.2. The molecule has 0 aromatic heterocycles. The molecule has 1 atom stereocenters. The number of piperidine rings is 1. The van der Waals surface area contributed by atoms with Gasteiger partial charge in [0.25, 0.3) is 0 Å². The molecule has 1 heterocycles. The Hall–Kier alpha value is -2.07. The Kier molecular flexibility index (Phi) is 5.35. The van der Waals surface area contributed by atoms with Gasteiger partial charge in [-0.05, 0) is 73.4 Å². The predicted octanol–water partition coefficient (Wildman–Crippen LogP) is 3.93. The van der Waals surface area contributed by atoms with Crippen LogP contribution >= 0.6 is 0 Å². The van der Waals surface area contributed by atoms with Crippen molar-refractivity contribution < 1.29 is 14.6 Å². The number of hydrogen-bond donors (Lipinski definition) is 1.